The van der Waals surface area contributed by atoms with Crippen molar-refractivity contribution in [3.63, 3.8) is 0 Å². The predicted octanol–water partition coefficient (Wildman–Crippen LogP) is 1.69. The highest BCUT2D eigenvalue weighted by atomic mass is 32.2. The monoisotopic (exact) mass is 217 g/mol. The van der Waals surface area contributed by atoms with E-state index in [1.54, 1.807) is 30.3 Å². The van der Waals surface area contributed by atoms with Crippen LogP contribution in [0.1, 0.15) is 13.8 Å². The fourth-order valence-electron chi connectivity index (χ4n) is 0.668. The lowest BCUT2D eigenvalue weighted by Crippen LogP contribution is -1.95. The number of hydrogen-bond donors (Lipinski definition) is 1. The fourth-order valence-corrected chi connectivity index (χ4v) is 1.32. The van der Waals surface area contributed by atoms with Crippen molar-refractivity contribution in [3.05, 3.63) is 30.3 Å². The summed E-state index contributed by atoms with van der Waals surface area (Å²) in [5.74, 6) is 0. The van der Waals surface area contributed by atoms with Gasteiger partial charge in [0.05, 0.1) is 4.90 Å². The average molecular weight is 217 g/mol. The number of hydrogen-bond acceptors (Lipinski definition) is 3. The molecule has 0 saturated carbocycles. The largest absolute Gasteiger partial charge is 0.333 e. The third-order valence-electron chi connectivity index (χ3n) is 1.17. The van der Waals surface area contributed by atoms with E-state index in [1.165, 1.54) is 13.3 Å². The SMILES string of the molecule is CC.CN.CS(=O)(=O)c1ccccc1. The molecule has 0 atom stereocenters. The van der Waals surface area contributed by atoms with E-state index in [0.717, 1.165) is 0 Å². The van der Waals surface area contributed by atoms with E-state index in [0.29, 0.717) is 4.90 Å². The van der Waals surface area contributed by atoms with E-state index in [4.69, 9.17) is 0 Å². The molecule has 0 saturated heterocycles. The van der Waals surface area contributed by atoms with Gasteiger partial charge in [0.25, 0.3) is 0 Å². The Bertz CT molecular complexity index is 306. The van der Waals surface area contributed by atoms with Gasteiger partial charge >= 0.3 is 0 Å². The summed E-state index contributed by atoms with van der Waals surface area (Å²) in [4.78, 5) is 0.370. The Hall–Kier alpha value is -0.870. The fraction of sp³-hybridized carbons (Fsp3) is 0.400. The van der Waals surface area contributed by atoms with Crippen molar-refractivity contribution in [1.82, 2.24) is 0 Å². The third kappa shape index (κ3) is 6.62. The summed E-state index contributed by atoms with van der Waals surface area (Å²) < 4.78 is 21.7. The molecule has 0 aliphatic rings. The van der Waals surface area contributed by atoms with Crippen molar-refractivity contribution in [2.45, 2.75) is 18.7 Å². The molecule has 14 heavy (non-hydrogen) atoms. The van der Waals surface area contributed by atoms with E-state index < -0.39 is 9.84 Å². The zero-order valence-corrected chi connectivity index (χ0v) is 10.0. The van der Waals surface area contributed by atoms with Gasteiger partial charge in [0.2, 0.25) is 0 Å². The Balaban J connectivity index is 0. The summed E-state index contributed by atoms with van der Waals surface area (Å²) in [5, 5.41) is 0. The van der Waals surface area contributed by atoms with Crippen LogP contribution in [0.3, 0.4) is 0 Å². The van der Waals surface area contributed by atoms with E-state index in [2.05, 4.69) is 5.73 Å². The number of rotatable bonds is 1. The smallest absolute Gasteiger partial charge is 0.175 e. The Morgan fingerprint density at radius 2 is 1.36 bits per heavy atom. The molecule has 3 nitrogen and oxygen atoms in total. The van der Waals surface area contributed by atoms with Gasteiger partial charge in [-0.2, -0.15) is 0 Å². The molecule has 0 aromatic heterocycles. The van der Waals surface area contributed by atoms with Crippen LogP contribution in [0.25, 0.3) is 0 Å². The van der Waals surface area contributed by atoms with E-state index in [-0.39, 0.29) is 0 Å². The maximum absolute atomic E-state index is 10.8. The van der Waals surface area contributed by atoms with Crippen molar-refractivity contribution in [3.8, 4) is 0 Å². The van der Waals surface area contributed by atoms with Crippen LogP contribution in [-0.4, -0.2) is 21.7 Å². The second-order valence-corrected chi connectivity index (χ2v) is 4.10. The molecule has 2 N–H and O–H groups in total. The summed E-state index contributed by atoms with van der Waals surface area (Å²) in [6.45, 7) is 4.00. The van der Waals surface area contributed by atoms with Gasteiger partial charge in [-0.25, -0.2) is 8.42 Å². The number of benzene rings is 1. The predicted molar refractivity (Wildman–Crippen MR) is 61.0 cm³/mol. The molecule has 1 aromatic carbocycles. The summed E-state index contributed by atoms with van der Waals surface area (Å²) in [7, 11) is -1.50. The van der Waals surface area contributed by atoms with Gasteiger partial charge in [-0.1, -0.05) is 32.0 Å². The maximum Gasteiger partial charge on any atom is 0.175 e. The Morgan fingerprint density at radius 1 is 1.00 bits per heavy atom. The summed E-state index contributed by atoms with van der Waals surface area (Å²) in [5.41, 5.74) is 4.50. The maximum atomic E-state index is 10.8. The molecule has 0 unspecified atom stereocenters. The number of sulfone groups is 1. The van der Waals surface area contributed by atoms with E-state index >= 15 is 0 Å². The number of nitrogens with two attached hydrogens (primary N) is 1. The minimum Gasteiger partial charge on any atom is -0.333 e. The highest BCUT2D eigenvalue weighted by Crippen LogP contribution is 2.05. The van der Waals surface area contributed by atoms with Gasteiger partial charge in [-0.3, -0.25) is 0 Å². The zero-order chi connectivity index (χ0) is 11.6. The molecule has 0 aliphatic carbocycles. The molecular formula is C10H19NO2S. The lowest BCUT2D eigenvalue weighted by Gasteiger charge is -1.93. The molecule has 4 heteroatoms. The lowest BCUT2D eigenvalue weighted by atomic mass is 10.4. The molecule has 0 bridgehead atoms. The molecule has 0 amide bonds. The van der Waals surface area contributed by atoms with E-state index in [9.17, 15) is 8.42 Å². The van der Waals surface area contributed by atoms with Crippen LogP contribution in [0.5, 0.6) is 0 Å². The van der Waals surface area contributed by atoms with Crippen LogP contribution in [-0.2, 0) is 9.84 Å². The Morgan fingerprint density at radius 3 is 1.57 bits per heavy atom. The average Bonchev–Trinajstić information content (AvgIpc) is 2.24. The first-order valence-electron chi connectivity index (χ1n) is 4.43. The van der Waals surface area contributed by atoms with Gasteiger partial charge in [-0.15, -0.1) is 0 Å². The van der Waals surface area contributed by atoms with Crippen LogP contribution >= 0.6 is 0 Å². The minimum atomic E-state index is -3.00. The first kappa shape index (κ1) is 15.6. The molecule has 1 aromatic rings. The summed E-state index contributed by atoms with van der Waals surface area (Å²) in [6, 6.07) is 8.35. The van der Waals surface area contributed by atoms with Crippen LogP contribution in [0.15, 0.2) is 35.2 Å². The molecule has 82 valence electrons. The third-order valence-corrected chi connectivity index (χ3v) is 2.30. The van der Waals surface area contributed by atoms with Gasteiger partial charge in [0, 0.05) is 6.26 Å². The zero-order valence-electron chi connectivity index (χ0n) is 9.19. The topological polar surface area (TPSA) is 60.2 Å². The van der Waals surface area contributed by atoms with Crippen LogP contribution in [0, 0.1) is 0 Å². The van der Waals surface area contributed by atoms with Crippen LogP contribution in [0.2, 0.25) is 0 Å². The standard InChI is InChI=1S/C7H8O2S.C2H6.CH5N/c1-10(8,9)7-5-3-2-4-6-7;2*1-2/h2-6H,1H3;1-2H3;2H2,1H3. The van der Waals surface area contributed by atoms with Crippen LogP contribution < -0.4 is 5.73 Å². The highest BCUT2D eigenvalue weighted by molar-refractivity contribution is 7.90. The first-order valence-corrected chi connectivity index (χ1v) is 6.33. The Labute approximate surface area is 86.9 Å². The van der Waals surface area contributed by atoms with Crippen molar-refractivity contribution in [2.75, 3.05) is 13.3 Å². The molecule has 0 aliphatic heterocycles. The minimum absolute atomic E-state index is 0.370. The van der Waals surface area contributed by atoms with Gasteiger partial charge in [0.1, 0.15) is 0 Å². The van der Waals surface area contributed by atoms with Crippen molar-refractivity contribution in [2.24, 2.45) is 5.73 Å². The summed E-state index contributed by atoms with van der Waals surface area (Å²) in [6.07, 6.45) is 1.20. The second-order valence-electron chi connectivity index (χ2n) is 2.09. The van der Waals surface area contributed by atoms with Crippen LogP contribution in [0.4, 0.5) is 0 Å². The molecule has 0 radical (unpaired) electrons. The quantitative estimate of drug-likeness (QED) is 0.778. The molecule has 0 heterocycles. The molecule has 1 rings (SSSR count). The van der Waals surface area contributed by atoms with Gasteiger partial charge < -0.3 is 5.73 Å². The molecule has 0 fully saturated rings. The second kappa shape index (κ2) is 8.72. The normalized spacial score (nSPS) is 8.93. The van der Waals surface area contributed by atoms with Crippen molar-refractivity contribution in [1.29, 1.82) is 0 Å². The highest BCUT2D eigenvalue weighted by Gasteiger charge is 2.02. The van der Waals surface area contributed by atoms with Crippen molar-refractivity contribution >= 4 is 9.84 Å². The van der Waals surface area contributed by atoms with Gasteiger partial charge in [0.15, 0.2) is 9.84 Å². The van der Waals surface area contributed by atoms with E-state index in [1.807, 2.05) is 13.8 Å². The molecular weight excluding hydrogens is 198 g/mol. The lowest BCUT2D eigenvalue weighted by molar-refractivity contribution is 0.602. The van der Waals surface area contributed by atoms with Crippen molar-refractivity contribution < 1.29 is 8.42 Å². The first-order chi connectivity index (χ1) is 6.61. The summed E-state index contributed by atoms with van der Waals surface area (Å²) >= 11 is 0. The molecule has 0 spiro atoms. The van der Waals surface area contributed by atoms with Gasteiger partial charge in [-0.05, 0) is 19.2 Å². The Kier molecular flexibility index (Phi) is 9.71.